The second-order valence-corrected chi connectivity index (χ2v) is 16.6. The van der Waals surface area contributed by atoms with Gasteiger partial charge >= 0.3 is 0 Å². The molecule has 4 heteroatoms. The van der Waals surface area contributed by atoms with E-state index in [1.54, 1.807) is 0 Å². The zero-order valence-electron chi connectivity index (χ0n) is 30.8. The zero-order chi connectivity index (χ0) is 33.6. The number of nitrogens with zero attached hydrogens (tertiary/aromatic N) is 1. The monoisotopic (exact) mass is 646 g/mol. The van der Waals surface area contributed by atoms with Gasteiger partial charge in [-0.2, -0.15) is 0 Å². The summed E-state index contributed by atoms with van der Waals surface area (Å²) in [4.78, 5) is 28.1. The van der Waals surface area contributed by atoms with Crippen molar-refractivity contribution < 1.29 is 14.7 Å². The van der Waals surface area contributed by atoms with E-state index in [0.29, 0.717) is 36.4 Å². The van der Waals surface area contributed by atoms with Gasteiger partial charge in [-0.1, -0.05) is 122 Å². The van der Waals surface area contributed by atoms with Crippen LogP contribution in [-0.4, -0.2) is 40.4 Å². The maximum atomic E-state index is 13.8. The van der Waals surface area contributed by atoms with E-state index in [1.807, 2.05) is 6.08 Å². The number of amides is 1. The largest absolute Gasteiger partial charge is 0.391 e. The molecule has 1 heterocycles. The summed E-state index contributed by atoms with van der Waals surface area (Å²) in [6, 6.07) is 4.55. The quantitative estimate of drug-likeness (QED) is 0.182. The number of carbonyl (C=O) groups excluding carboxylic acids is 2. The molecule has 262 valence electrons. The van der Waals surface area contributed by atoms with Crippen molar-refractivity contribution in [1.29, 1.82) is 0 Å². The minimum absolute atomic E-state index is 0.0827. The van der Waals surface area contributed by atoms with Crippen LogP contribution in [0.2, 0.25) is 0 Å². The lowest BCUT2D eigenvalue weighted by Gasteiger charge is -2.47. The molecule has 1 saturated heterocycles. The smallest absolute Gasteiger partial charge is 0.222 e. The van der Waals surface area contributed by atoms with Gasteiger partial charge in [0.25, 0.3) is 0 Å². The number of hydrogen-bond acceptors (Lipinski definition) is 3. The van der Waals surface area contributed by atoms with E-state index in [1.165, 1.54) is 98.5 Å². The van der Waals surface area contributed by atoms with Crippen molar-refractivity contribution in [3.8, 4) is 0 Å². The van der Waals surface area contributed by atoms with Crippen molar-refractivity contribution in [3.05, 3.63) is 46.0 Å². The van der Waals surface area contributed by atoms with Crippen molar-refractivity contribution in [1.82, 2.24) is 4.90 Å². The van der Waals surface area contributed by atoms with Crippen LogP contribution in [0.25, 0.3) is 0 Å². The Morgan fingerprint density at radius 2 is 1.62 bits per heavy atom. The van der Waals surface area contributed by atoms with Gasteiger partial charge in [-0.15, -0.1) is 0 Å². The number of likely N-dealkylation sites (tertiary alicyclic amines) is 1. The van der Waals surface area contributed by atoms with Crippen LogP contribution < -0.4 is 0 Å². The van der Waals surface area contributed by atoms with Gasteiger partial charge in [-0.05, 0) is 96.9 Å². The maximum Gasteiger partial charge on any atom is 0.222 e. The molecule has 1 N–H and O–H groups in total. The SMILES string of the molecule is CCCCCCCCCCCCCCCC(=O)N1C[C@@H](C)C[C@@H](O)[C@@H]1[C@@H](C)c1ccc2c(c1C)C[C@H]1[C@H]2CCC2=CC(=O)CC[C@@]21C. The van der Waals surface area contributed by atoms with Crippen LogP contribution >= 0.6 is 0 Å². The van der Waals surface area contributed by atoms with Gasteiger partial charge in [0.2, 0.25) is 5.91 Å². The highest BCUT2D eigenvalue weighted by atomic mass is 16.3. The number of allylic oxidation sites excluding steroid dienone is 2. The fraction of sp³-hybridized carbons (Fsp3) is 0.767. The summed E-state index contributed by atoms with van der Waals surface area (Å²) in [6.07, 6.45) is 24.8. The van der Waals surface area contributed by atoms with E-state index >= 15 is 0 Å². The lowest BCUT2D eigenvalue weighted by Crippen LogP contribution is -2.55. The first-order valence-electron chi connectivity index (χ1n) is 20.0. The molecule has 1 aromatic carbocycles. The van der Waals surface area contributed by atoms with Gasteiger partial charge in [0.05, 0.1) is 12.1 Å². The number of aliphatic hydroxyl groups excluding tert-OH is 1. The van der Waals surface area contributed by atoms with E-state index in [0.717, 1.165) is 51.5 Å². The van der Waals surface area contributed by atoms with E-state index in [4.69, 9.17) is 0 Å². The van der Waals surface area contributed by atoms with Crippen LogP contribution in [-0.2, 0) is 16.0 Å². The molecule has 3 aliphatic carbocycles. The normalized spacial score (nSPS) is 29.2. The Labute approximate surface area is 287 Å². The molecular formula is C43H67NO3. The standard InChI is InChI=1S/C43H67NO3/c1-6-7-8-9-10-11-12-13-14-15-16-17-18-19-41(47)44-29-30(2)26-40(46)42(44)32(4)35-22-23-36-37-21-20-33-27-34(45)24-25-43(33,5)39(37)28-38(36)31(35)3/h22-23,27,30,32,37,39-40,42,46H,6-21,24-26,28-29H2,1-5H3/t30-,32-,37-,39-,40+,42-,43-/m0/s1. The number of fused-ring (bicyclic) bond motifs is 5. The van der Waals surface area contributed by atoms with E-state index in [9.17, 15) is 14.7 Å². The Morgan fingerprint density at radius 1 is 0.979 bits per heavy atom. The third-order valence-corrected chi connectivity index (χ3v) is 13.2. The molecule has 0 bridgehead atoms. The third-order valence-electron chi connectivity index (χ3n) is 13.2. The number of carbonyl (C=O) groups is 2. The van der Waals surface area contributed by atoms with Gasteiger partial charge in [0.15, 0.2) is 5.78 Å². The predicted octanol–water partition coefficient (Wildman–Crippen LogP) is 10.5. The highest BCUT2D eigenvalue weighted by Gasteiger charge is 2.51. The fourth-order valence-electron chi connectivity index (χ4n) is 10.4. The summed E-state index contributed by atoms with van der Waals surface area (Å²) < 4.78 is 0. The molecule has 2 fully saturated rings. The van der Waals surface area contributed by atoms with Crippen LogP contribution in [0.1, 0.15) is 184 Å². The number of piperidine rings is 1. The van der Waals surface area contributed by atoms with Gasteiger partial charge in [0, 0.05) is 25.3 Å². The average Bonchev–Trinajstić information content (AvgIpc) is 3.44. The zero-order valence-corrected chi connectivity index (χ0v) is 30.8. The Hall–Kier alpha value is -1.94. The molecule has 1 aromatic rings. The lowest BCUT2D eigenvalue weighted by atomic mass is 9.57. The molecule has 4 aliphatic rings. The number of ketones is 1. The van der Waals surface area contributed by atoms with Crippen molar-refractivity contribution in [3.63, 3.8) is 0 Å². The van der Waals surface area contributed by atoms with E-state index in [-0.39, 0.29) is 23.3 Å². The van der Waals surface area contributed by atoms with Crippen LogP contribution in [0.3, 0.4) is 0 Å². The van der Waals surface area contributed by atoms with Crippen molar-refractivity contribution in [2.45, 2.75) is 187 Å². The first-order valence-corrected chi connectivity index (χ1v) is 20.0. The number of unbranched alkanes of at least 4 members (excludes halogenated alkanes) is 12. The second-order valence-electron chi connectivity index (χ2n) is 16.6. The second kappa shape index (κ2) is 16.6. The number of hydrogen-bond donors (Lipinski definition) is 1. The summed E-state index contributed by atoms with van der Waals surface area (Å²) >= 11 is 0. The topological polar surface area (TPSA) is 57.6 Å². The minimum Gasteiger partial charge on any atom is -0.391 e. The maximum absolute atomic E-state index is 13.8. The highest BCUT2D eigenvalue weighted by Crippen LogP contribution is 2.60. The summed E-state index contributed by atoms with van der Waals surface area (Å²) in [6.45, 7) is 12.2. The molecule has 1 amide bonds. The summed E-state index contributed by atoms with van der Waals surface area (Å²) in [5.41, 5.74) is 7.23. The molecule has 47 heavy (non-hydrogen) atoms. The summed E-state index contributed by atoms with van der Waals surface area (Å²) in [5, 5.41) is 11.5. The van der Waals surface area contributed by atoms with E-state index in [2.05, 4.69) is 51.7 Å². The lowest BCUT2D eigenvalue weighted by molar-refractivity contribution is -0.141. The first kappa shape index (κ1) is 36.3. The Bertz CT molecular complexity index is 1250. The molecule has 5 rings (SSSR count). The molecule has 4 nitrogen and oxygen atoms in total. The Kier molecular flexibility index (Phi) is 12.9. The summed E-state index contributed by atoms with van der Waals surface area (Å²) in [7, 11) is 0. The Balaban J connectivity index is 1.15. The van der Waals surface area contributed by atoms with E-state index < -0.39 is 6.10 Å². The number of rotatable bonds is 16. The van der Waals surface area contributed by atoms with Gasteiger partial charge in [0.1, 0.15) is 0 Å². The fourth-order valence-corrected chi connectivity index (χ4v) is 10.4. The molecule has 1 aliphatic heterocycles. The molecule has 0 radical (unpaired) electrons. The predicted molar refractivity (Wildman–Crippen MR) is 195 cm³/mol. The molecule has 0 aromatic heterocycles. The van der Waals surface area contributed by atoms with Crippen molar-refractivity contribution in [2.24, 2.45) is 17.3 Å². The molecule has 1 saturated carbocycles. The van der Waals surface area contributed by atoms with Crippen LogP contribution in [0.5, 0.6) is 0 Å². The van der Waals surface area contributed by atoms with Gasteiger partial charge in [-0.3, -0.25) is 9.59 Å². The van der Waals surface area contributed by atoms with Crippen molar-refractivity contribution >= 4 is 11.7 Å². The number of benzene rings is 1. The van der Waals surface area contributed by atoms with Crippen LogP contribution in [0.15, 0.2) is 23.8 Å². The molecule has 0 unspecified atom stereocenters. The molecule has 7 atom stereocenters. The first-order chi connectivity index (χ1) is 22.7. The third kappa shape index (κ3) is 8.27. The molecular weight excluding hydrogens is 578 g/mol. The Morgan fingerprint density at radius 3 is 2.28 bits per heavy atom. The van der Waals surface area contributed by atoms with Gasteiger partial charge < -0.3 is 10.0 Å². The van der Waals surface area contributed by atoms with Crippen molar-refractivity contribution in [2.75, 3.05) is 6.54 Å². The highest BCUT2D eigenvalue weighted by molar-refractivity contribution is 5.91. The average molecular weight is 646 g/mol. The minimum atomic E-state index is -0.494. The number of aliphatic hydroxyl groups is 1. The van der Waals surface area contributed by atoms with Crippen LogP contribution in [0, 0.1) is 24.2 Å². The molecule has 0 spiro atoms. The van der Waals surface area contributed by atoms with Gasteiger partial charge in [-0.25, -0.2) is 0 Å². The van der Waals surface area contributed by atoms with Crippen LogP contribution in [0.4, 0.5) is 0 Å². The summed E-state index contributed by atoms with van der Waals surface area (Å²) in [5.74, 6) is 2.09.